The summed E-state index contributed by atoms with van der Waals surface area (Å²) >= 11 is 8.92. The van der Waals surface area contributed by atoms with E-state index in [9.17, 15) is 26.7 Å². The zero-order valence-corrected chi connectivity index (χ0v) is 17.0. The summed E-state index contributed by atoms with van der Waals surface area (Å²) in [4.78, 5) is -0.316. The summed E-state index contributed by atoms with van der Waals surface area (Å²) in [5.74, 6) is -2.15. The van der Waals surface area contributed by atoms with Crippen LogP contribution in [-0.2, 0) is 15.0 Å². The fourth-order valence-corrected chi connectivity index (χ4v) is 4.99. The number of alkyl halides is 2. The summed E-state index contributed by atoms with van der Waals surface area (Å²) in [5, 5.41) is 9.51. The first-order chi connectivity index (χ1) is 13.1. The number of aromatic nitrogens is 1. The van der Waals surface area contributed by atoms with Crippen molar-refractivity contribution in [1.29, 1.82) is 0 Å². The third-order valence-electron chi connectivity index (χ3n) is 4.12. The van der Waals surface area contributed by atoms with Gasteiger partial charge in [-0.2, -0.15) is 4.72 Å². The molecule has 0 spiro atoms. The van der Waals surface area contributed by atoms with Gasteiger partial charge in [0, 0.05) is 22.7 Å². The highest BCUT2D eigenvalue weighted by molar-refractivity contribution is 9.10. The summed E-state index contributed by atoms with van der Waals surface area (Å²) in [5.41, 5.74) is -0.317. The Balaban J connectivity index is 2.14. The molecule has 2 unspecified atom stereocenters. The van der Waals surface area contributed by atoms with Crippen LogP contribution in [0.5, 0.6) is 0 Å². The van der Waals surface area contributed by atoms with E-state index < -0.39 is 45.0 Å². The zero-order valence-electron chi connectivity index (χ0n) is 13.9. The molecule has 0 radical (unpaired) electrons. The topological polar surface area (TPSA) is 82.2 Å². The third-order valence-corrected chi connectivity index (χ3v) is 6.88. The first-order valence-electron chi connectivity index (χ1n) is 7.79. The minimum atomic E-state index is -4.51. The number of benzene rings is 2. The smallest absolute Gasteiger partial charge is 0.244 e. The molecule has 2 atom stereocenters. The van der Waals surface area contributed by atoms with Gasteiger partial charge in [0.1, 0.15) is 16.5 Å². The first kappa shape index (κ1) is 21.1. The number of H-pyrrole nitrogens is 1. The second-order valence-corrected chi connectivity index (χ2v) is 9.01. The van der Waals surface area contributed by atoms with Crippen molar-refractivity contribution in [2.45, 2.75) is 16.1 Å². The third kappa shape index (κ3) is 3.67. The van der Waals surface area contributed by atoms with Crippen LogP contribution in [0.1, 0.15) is 5.56 Å². The van der Waals surface area contributed by atoms with Gasteiger partial charge in [0.15, 0.2) is 11.2 Å². The van der Waals surface area contributed by atoms with Gasteiger partial charge < -0.3 is 10.1 Å². The number of fused-ring (bicyclic) bond motifs is 1. The molecule has 1 heterocycles. The molecular formula is C17H13BrClF3N2O3S. The largest absolute Gasteiger partial charge is 0.393 e. The predicted octanol–water partition coefficient (Wildman–Crippen LogP) is 3.91. The lowest BCUT2D eigenvalue weighted by molar-refractivity contribution is 0.131. The fraction of sp³-hybridized carbons (Fsp3) is 0.176. The Morgan fingerprint density at radius 2 is 1.93 bits per heavy atom. The van der Waals surface area contributed by atoms with E-state index in [0.717, 1.165) is 6.20 Å². The number of hydrogen-bond donors (Lipinski definition) is 3. The molecule has 1 aromatic heterocycles. The molecule has 3 aromatic rings. The Morgan fingerprint density at radius 3 is 2.61 bits per heavy atom. The van der Waals surface area contributed by atoms with Gasteiger partial charge in [-0.15, -0.1) is 0 Å². The number of sulfonamides is 1. The normalized spacial score (nSPS) is 15.5. The molecule has 3 N–H and O–H groups in total. The highest BCUT2D eigenvalue weighted by Gasteiger charge is 2.45. The molecule has 0 aliphatic rings. The van der Waals surface area contributed by atoms with Crippen LogP contribution in [-0.4, -0.2) is 31.3 Å². The molecule has 0 saturated carbocycles. The van der Waals surface area contributed by atoms with Crippen LogP contribution in [0.3, 0.4) is 0 Å². The Hall–Kier alpha value is -1.59. The summed E-state index contributed by atoms with van der Waals surface area (Å²) < 4.78 is 70.3. The standard InChI is InChI=1S/C17H13BrClF3N2O3S/c18-11-6-12(20)10(5-13(11)21)17(19,16(22)8-25)24-28(26,27)15-7-23-14-4-2-1-3-9(14)15/h1-7,16,23-25H,8H2. The summed E-state index contributed by atoms with van der Waals surface area (Å²) in [6, 6.07) is 7.65. The molecule has 0 amide bonds. The molecule has 0 aliphatic heterocycles. The molecule has 3 rings (SSSR count). The lowest BCUT2D eigenvalue weighted by Crippen LogP contribution is -2.50. The Labute approximate surface area is 171 Å². The lowest BCUT2D eigenvalue weighted by atomic mass is 10.0. The minimum absolute atomic E-state index is 0.258. The van der Waals surface area contributed by atoms with E-state index in [-0.39, 0.29) is 14.8 Å². The maximum absolute atomic E-state index is 14.5. The number of hydrogen-bond acceptors (Lipinski definition) is 3. The van der Waals surface area contributed by atoms with Crippen molar-refractivity contribution >= 4 is 48.5 Å². The van der Waals surface area contributed by atoms with Gasteiger partial charge in [-0.25, -0.2) is 21.6 Å². The molecule has 150 valence electrons. The highest BCUT2D eigenvalue weighted by Crippen LogP contribution is 2.38. The molecule has 2 aromatic carbocycles. The Morgan fingerprint density at radius 1 is 1.25 bits per heavy atom. The number of halogens is 5. The van der Waals surface area contributed by atoms with Crippen molar-refractivity contribution in [3.05, 3.63) is 64.3 Å². The molecule has 0 aliphatic carbocycles. The van der Waals surface area contributed by atoms with E-state index in [1.165, 1.54) is 6.07 Å². The van der Waals surface area contributed by atoms with E-state index in [4.69, 9.17) is 11.6 Å². The molecule has 11 heteroatoms. The van der Waals surface area contributed by atoms with Gasteiger partial charge in [0.2, 0.25) is 10.0 Å². The quantitative estimate of drug-likeness (QED) is 0.274. The van der Waals surface area contributed by atoms with Crippen molar-refractivity contribution in [3.63, 3.8) is 0 Å². The molecule has 28 heavy (non-hydrogen) atoms. The van der Waals surface area contributed by atoms with Crippen molar-refractivity contribution in [2.75, 3.05) is 6.61 Å². The van der Waals surface area contributed by atoms with Gasteiger partial charge in [0.05, 0.1) is 11.1 Å². The Kier molecular flexibility index (Phi) is 5.79. The molecule has 0 bridgehead atoms. The van der Waals surface area contributed by atoms with Gasteiger partial charge in [-0.3, -0.25) is 0 Å². The average molecular weight is 498 g/mol. The maximum Gasteiger partial charge on any atom is 0.244 e. The number of aliphatic hydroxyl groups excluding tert-OH is 1. The van der Waals surface area contributed by atoms with E-state index in [2.05, 4.69) is 20.9 Å². The van der Waals surface area contributed by atoms with Crippen molar-refractivity contribution in [2.24, 2.45) is 0 Å². The monoisotopic (exact) mass is 496 g/mol. The highest BCUT2D eigenvalue weighted by atomic mass is 79.9. The molecule has 5 nitrogen and oxygen atoms in total. The van der Waals surface area contributed by atoms with Crippen molar-refractivity contribution < 1.29 is 26.7 Å². The molecular weight excluding hydrogens is 485 g/mol. The van der Waals surface area contributed by atoms with Gasteiger partial charge in [-0.1, -0.05) is 29.8 Å². The lowest BCUT2D eigenvalue weighted by Gasteiger charge is -2.31. The number of rotatable bonds is 6. The van der Waals surface area contributed by atoms with Crippen molar-refractivity contribution in [1.82, 2.24) is 9.71 Å². The second-order valence-electron chi connectivity index (χ2n) is 5.91. The first-order valence-corrected chi connectivity index (χ1v) is 10.4. The zero-order chi connectivity index (χ0) is 20.7. The van der Waals surface area contributed by atoms with Crippen molar-refractivity contribution in [3.8, 4) is 0 Å². The van der Waals surface area contributed by atoms with Gasteiger partial charge in [-0.05, 0) is 34.1 Å². The molecule has 0 saturated heterocycles. The van der Waals surface area contributed by atoms with Crippen LogP contribution in [0.15, 0.2) is 52.0 Å². The number of para-hydroxylation sites is 1. The predicted molar refractivity (Wildman–Crippen MR) is 102 cm³/mol. The fourth-order valence-electron chi connectivity index (χ4n) is 2.73. The maximum atomic E-state index is 14.5. The number of nitrogens with one attached hydrogen (secondary N) is 2. The van der Waals surface area contributed by atoms with E-state index >= 15 is 0 Å². The van der Waals surface area contributed by atoms with Crippen LogP contribution in [0.2, 0.25) is 0 Å². The van der Waals surface area contributed by atoms with Crippen LogP contribution >= 0.6 is 27.5 Å². The SMILES string of the molecule is O=S(=O)(NC(Cl)(c1cc(F)c(Br)cc1F)C(F)CO)c1c[nH]c2ccccc12. The van der Waals surface area contributed by atoms with E-state index in [1.54, 1.807) is 18.2 Å². The summed E-state index contributed by atoms with van der Waals surface area (Å²) in [7, 11) is -4.51. The average Bonchev–Trinajstić information content (AvgIpc) is 3.08. The van der Waals surface area contributed by atoms with Gasteiger partial charge in [0.25, 0.3) is 0 Å². The van der Waals surface area contributed by atoms with Crippen LogP contribution < -0.4 is 4.72 Å². The van der Waals surface area contributed by atoms with Crippen LogP contribution in [0, 0.1) is 11.6 Å². The number of aliphatic hydroxyl groups is 1. The van der Waals surface area contributed by atoms with Crippen LogP contribution in [0.4, 0.5) is 13.2 Å². The minimum Gasteiger partial charge on any atom is -0.393 e. The summed E-state index contributed by atoms with van der Waals surface area (Å²) in [6.07, 6.45) is -1.32. The second kappa shape index (κ2) is 7.68. The van der Waals surface area contributed by atoms with E-state index in [0.29, 0.717) is 17.6 Å². The number of aromatic amines is 1. The molecule has 0 fully saturated rings. The Bertz CT molecular complexity index is 1140. The van der Waals surface area contributed by atoms with Gasteiger partial charge >= 0.3 is 0 Å². The summed E-state index contributed by atoms with van der Waals surface area (Å²) in [6.45, 7) is -1.24. The van der Waals surface area contributed by atoms with Crippen LogP contribution in [0.25, 0.3) is 10.9 Å². The van der Waals surface area contributed by atoms with E-state index in [1.807, 2.05) is 4.72 Å².